The van der Waals surface area contributed by atoms with Crippen molar-refractivity contribution in [3.8, 4) is 0 Å². The third-order valence-electron chi connectivity index (χ3n) is 3.42. The lowest BCUT2D eigenvalue weighted by molar-refractivity contribution is -0.121. The van der Waals surface area contributed by atoms with Crippen LogP contribution in [0.5, 0.6) is 0 Å². The zero-order valence-corrected chi connectivity index (χ0v) is 10.1. The molecule has 1 amide bonds. The van der Waals surface area contributed by atoms with Crippen LogP contribution < -0.4 is 5.32 Å². The first kappa shape index (κ1) is 12.1. The van der Waals surface area contributed by atoms with Crippen molar-refractivity contribution in [1.29, 1.82) is 0 Å². The van der Waals surface area contributed by atoms with E-state index in [9.17, 15) is 4.79 Å². The fourth-order valence-corrected chi connectivity index (χ4v) is 2.40. The molecule has 1 aliphatic carbocycles. The molecule has 0 saturated heterocycles. The molecule has 0 bridgehead atoms. The minimum absolute atomic E-state index is 0.118. The molecule has 0 radical (unpaired) electrons. The predicted molar refractivity (Wildman–Crippen MR) is 64.0 cm³/mol. The average Bonchev–Trinajstić information content (AvgIpc) is 2.88. The molecule has 0 spiro atoms. The number of hydrogen-bond acceptors (Lipinski definition) is 3. The molecule has 0 atom stereocenters. The predicted octanol–water partition coefficient (Wildman–Crippen LogP) is 1.78. The van der Waals surface area contributed by atoms with Crippen molar-refractivity contribution in [1.82, 2.24) is 20.5 Å². The van der Waals surface area contributed by atoms with Crippen LogP contribution in [0.4, 0.5) is 0 Å². The smallest absolute Gasteiger partial charge is 0.220 e. The third-order valence-corrected chi connectivity index (χ3v) is 3.42. The first-order chi connectivity index (χ1) is 8.34. The Kier molecular flexibility index (Phi) is 4.53. The number of aromatic nitrogens is 3. The van der Waals surface area contributed by atoms with Gasteiger partial charge in [0, 0.05) is 6.42 Å². The van der Waals surface area contributed by atoms with Gasteiger partial charge >= 0.3 is 0 Å². The number of carbonyl (C=O) groups is 1. The lowest BCUT2D eigenvalue weighted by Crippen LogP contribution is -2.24. The highest BCUT2D eigenvalue weighted by atomic mass is 16.1. The summed E-state index contributed by atoms with van der Waals surface area (Å²) in [4.78, 5) is 15.6. The largest absolute Gasteiger partial charge is 0.349 e. The quantitative estimate of drug-likeness (QED) is 0.818. The fraction of sp³-hybridized carbons (Fsp3) is 0.750. The maximum atomic E-state index is 11.6. The van der Waals surface area contributed by atoms with Crippen LogP contribution in [-0.2, 0) is 11.3 Å². The lowest BCUT2D eigenvalue weighted by Gasteiger charge is -2.20. The molecule has 0 unspecified atom stereocenters. The van der Waals surface area contributed by atoms with Gasteiger partial charge in [-0.25, -0.2) is 4.98 Å². The maximum Gasteiger partial charge on any atom is 0.220 e. The van der Waals surface area contributed by atoms with Gasteiger partial charge in [-0.05, 0) is 12.3 Å². The Morgan fingerprint density at radius 1 is 1.41 bits per heavy atom. The van der Waals surface area contributed by atoms with E-state index in [1.165, 1.54) is 38.4 Å². The van der Waals surface area contributed by atoms with Crippen molar-refractivity contribution < 1.29 is 4.79 Å². The van der Waals surface area contributed by atoms with Gasteiger partial charge in [0.2, 0.25) is 5.91 Å². The third kappa shape index (κ3) is 4.17. The number of rotatable bonds is 5. The number of carbonyl (C=O) groups excluding carboxylic acids is 1. The van der Waals surface area contributed by atoms with Crippen molar-refractivity contribution in [2.75, 3.05) is 0 Å². The molecular formula is C12H20N4O. The lowest BCUT2D eigenvalue weighted by atomic mass is 9.86. The molecule has 2 N–H and O–H groups in total. The summed E-state index contributed by atoms with van der Waals surface area (Å²) >= 11 is 0. The van der Waals surface area contributed by atoms with Crippen LogP contribution in [0.2, 0.25) is 0 Å². The van der Waals surface area contributed by atoms with Crippen LogP contribution >= 0.6 is 0 Å². The van der Waals surface area contributed by atoms with E-state index >= 15 is 0 Å². The van der Waals surface area contributed by atoms with E-state index in [2.05, 4.69) is 20.5 Å². The summed E-state index contributed by atoms with van der Waals surface area (Å²) in [6.07, 6.45) is 9.76. The van der Waals surface area contributed by atoms with Crippen LogP contribution in [0.15, 0.2) is 6.33 Å². The van der Waals surface area contributed by atoms with Crippen molar-refractivity contribution in [2.24, 2.45) is 5.92 Å². The second-order valence-corrected chi connectivity index (χ2v) is 4.75. The molecule has 0 aromatic carbocycles. The highest BCUT2D eigenvalue weighted by Gasteiger charge is 2.14. The normalized spacial score (nSPS) is 16.9. The Balaban J connectivity index is 1.60. The standard InChI is InChI=1S/C12H20N4O/c17-12(13-8-11-14-9-15-16-11)7-6-10-4-2-1-3-5-10/h9-10H,1-8H2,(H,13,17)(H,14,15,16). The molecule has 1 aromatic heterocycles. The average molecular weight is 236 g/mol. The van der Waals surface area contributed by atoms with E-state index in [0.717, 1.165) is 12.3 Å². The molecule has 5 nitrogen and oxygen atoms in total. The molecular weight excluding hydrogens is 216 g/mol. The number of nitrogens with one attached hydrogen (secondary N) is 2. The first-order valence-corrected chi connectivity index (χ1v) is 6.45. The number of hydrogen-bond donors (Lipinski definition) is 2. The summed E-state index contributed by atoms with van der Waals surface area (Å²) in [6.45, 7) is 0.448. The highest BCUT2D eigenvalue weighted by molar-refractivity contribution is 5.75. The van der Waals surface area contributed by atoms with E-state index in [0.29, 0.717) is 18.8 Å². The molecule has 5 heteroatoms. The minimum atomic E-state index is 0.118. The fourth-order valence-electron chi connectivity index (χ4n) is 2.40. The maximum absolute atomic E-state index is 11.6. The van der Waals surface area contributed by atoms with Crippen LogP contribution in [0, 0.1) is 5.92 Å². The minimum Gasteiger partial charge on any atom is -0.349 e. The molecule has 1 fully saturated rings. The SMILES string of the molecule is O=C(CCC1CCCCC1)NCc1ncn[nH]1. The van der Waals surface area contributed by atoms with Crippen molar-refractivity contribution in [3.63, 3.8) is 0 Å². The Labute approximate surface area is 101 Å². The van der Waals surface area contributed by atoms with Gasteiger partial charge in [0.1, 0.15) is 12.2 Å². The van der Waals surface area contributed by atoms with Crippen molar-refractivity contribution >= 4 is 5.91 Å². The first-order valence-electron chi connectivity index (χ1n) is 6.45. The summed E-state index contributed by atoms with van der Waals surface area (Å²) in [7, 11) is 0. The van der Waals surface area contributed by atoms with Gasteiger partial charge in [-0.1, -0.05) is 32.1 Å². The van der Waals surface area contributed by atoms with E-state index in [-0.39, 0.29) is 5.91 Å². The number of H-pyrrole nitrogens is 1. The zero-order valence-electron chi connectivity index (χ0n) is 10.1. The van der Waals surface area contributed by atoms with Gasteiger partial charge in [0.05, 0.1) is 6.54 Å². The Bertz CT molecular complexity index is 330. The molecule has 0 aliphatic heterocycles. The molecule has 1 aliphatic rings. The molecule has 94 valence electrons. The molecule has 17 heavy (non-hydrogen) atoms. The van der Waals surface area contributed by atoms with E-state index in [1.807, 2.05) is 0 Å². The summed E-state index contributed by atoms with van der Waals surface area (Å²) < 4.78 is 0. The van der Waals surface area contributed by atoms with Crippen LogP contribution in [-0.4, -0.2) is 21.1 Å². The summed E-state index contributed by atoms with van der Waals surface area (Å²) in [5, 5.41) is 9.31. The van der Waals surface area contributed by atoms with Gasteiger partial charge < -0.3 is 5.32 Å². The van der Waals surface area contributed by atoms with Gasteiger partial charge in [0.15, 0.2) is 0 Å². The van der Waals surface area contributed by atoms with Crippen molar-refractivity contribution in [3.05, 3.63) is 12.2 Å². The zero-order chi connectivity index (χ0) is 11.9. The Morgan fingerprint density at radius 2 is 2.24 bits per heavy atom. The van der Waals surface area contributed by atoms with E-state index in [4.69, 9.17) is 0 Å². The summed E-state index contributed by atoms with van der Waals surface area (Å²) in [6, 6.07) is 0. The Hall–Kier alpha value is -1.39. The van der Waals surface area contributed by atoms with Crippen LogP contribution in [0.3, 0.4) is 0 Å². The van der Waals surface area contributed by atoms with Gasteiger partial charge in [0.25, 0.3) is 0 Å². The number of amides is 1. The van der Waals surface area contributed by atoms with E-state index < -0.39 is 0 Å². The Morgan fingerprint density at radius 3 is 2.94 bits per heavy atom. The molecule has 1 aromatic rings. The summed E-state index contributed by atoms with van der Waals surface area (Å²) in [5.41, 5.74) is 0. The topological polar surface area (TPSA) is 70.7 Å². The number of aromatic amines is 1. The second-order valence-electron chi connectivity index (χ2n) is 4.75. The van der Waals surface area contributed by atoms with Crippen molar-refractivity contribution in [2.45, 2.75) is 51.5 Å². The van der Waals surface area contributed by atoms with Gasteiger partial charge in [-0.3, -0.25) is 9.89 Å². The van der Waals surface area contributed by atoms with Gasteiger partial charge in [-0.2, -0.15) is 5.10 Å². The highest BCUT2D eigenvalue weighted by Crippen LogP contribution is 2.27. The summed E-state index contributed by atoms with van der Waals surface area (Å²) in [5.74, 6) is 1.59. The number of nitrogens with zero attached hydrogens (tertiary/aromatic N) is 2. The molecule has 2 rings (SSSR count). The molecule has 1 saturated carbocycles. The van der Waals surface area contributed by atoms with E-state index in [1.54, 1.807) is 0 Å². The second kappa shape index (κ2) is 6.37. The molecule has 1 heterocycles. The monoisotopic (exact) mass is 236 g/mol. The van der Waals surface area contributed by atoms with Crippen LogP contribution in [0.1, 0.15) is 50.8 Å². The van der Waals surface area contributed by atoms with Gasteiger partial charge in [-0.15, -0.1) is 0 Å². The van der Waals surface area contributed by atoms with Crippen LogP contribution in [0.25, 0.3) is 0 Å².